The Morgan fingerprint density at radius 3 is 2.49 bits per heavy atom. The molecule has 1 saturated carbocycles. The van der Waals surface area contributed by atoms with Crippen LogP contribution in [-0.4, -0.2) is 78.0 Å². The van der Waals surface area contributed by atoms with Crippen LogP contribution in [0.3, 0.4) is 0 Å². The van der Waals surface area contributed by atoms with Gasteiger partial charge in [0.1, 0.15) is 17.4 Å². The van der Waals surface area contributed by atoms with Gasteiger partial charge in [0.05, 0.1) is 20.0 Å². The van der Waals surface area contributed by atoms with E-state index in [1.807, 2.05) is 24.3 Å². The van der Waals surface area contributed by atoms with Crippen molar-refractivity contribution in [2.45, 2.75) is 76.4 Å². The number of H-pyrrole nitrogens is 1. The van der Waals surface area contributed by atoms with Gasteiger partial charge in [-0.05, 0) is 43.4 Å². The Balaban J connectivity index is 1.42. The van der Waals surface area contributed by atoms with Gasteiger partial charge in [-0.2, -0.15) is 0 Å². The number of nitrogens with zero attached hydrogens (tertiary/aromatic N) is 2. The van der Waals surface area contributed by atoms with E-state index >= 15 is 0 Å². The van der Waals surface area contributed by atoms with Gasteiger partial charge in [0.2, 0.25) is 5.91 Å². The number of aromatic amines is 1. The molecular formula is C30H43N5O6. The molecule has 0 spiro atoms. The number of amides is 3. The minimum Gasteiger partial charge on any atom is -0.497 e. The third kappa shape index (κ3) is 8.37. The van der Waals surface area contributed by atoms with Gasteiger partial charge in [0.25, 0.3) is 0 Å². The van der Waals surface area contributed by atoms with E-state index in [0.717, 1.165) is 42.7 Å². The third-order valence-corrected chi connectivity index (χ3v) is 8.26. The lowest BCUT2D eigenvalue weighted by Crippen LogP contribution is -2.58. The molecule has 4 rings (SSSR count). The number of hydrogen-bond donors (Lipinski definition) is 3. The molecule has 3 N–H and O–H groups in total. The molecule has 2 aromatic rings. The van der Waals surface area contributed by atoms with Crippen molar-refractivity contribution in [3.63, 3.8) is 0 Å². The first-order valence-corrected chi connectivity index (χ1v) is 14.7. The van der Waals surface area contributed by atoms with E-state index in [9.17, 15) is 14.4 Å². The van der Waals surface area contributed by atoms with Crippen molar-refractivity contribution >= 4 is 18.1 Å². The highest BCUT2D eigenvalue weighted by atomic mass is 16.7. The van der Waals surface area contributed by atoms with Crippen molar-refractivity contribution in [3.8, 4) is 5.75 Å². The summed E-state index contributed by atoms with van der Waals surface area (Å²) in [5, 5.41) is 5.74. The van der Waals surface area contributed by atoms with Gasteiger partial charge in [-0.1, -0.05) is 31.4 Å². The number of ether oxygens (including phenoxy) is 3. The van der Waals surface area contributed by atoms with E-state index in [-0.39, 0.29) is 18.4 Å². The van der Waals surface area contributed by atoms with Crippen LogP contribution in [0.25, 0.3) is 0 Å². The average molecular weight is 570 g/mol. The Morgan fingerprint density at radius 1 is 1.12 bits per heavy atom. The molecule has 224 valence electrons. The second-order valence-electron chi connectivity index (χ2n) is 10.8. The SMILES string of the molecule is CCOC(=O)OC1(C2CCCCC2)CCN(C(=O)C(Cc2ccc(OC)cc2)NC(=O)NCCc2cnc[nH]2)CC1. The minimum absolute atomic E-state index is 0.155. The summed E-state index contributed by atoms with van der Waals surface area (Å²) in [6.45, 7) is 3.30. The quantitative estimate of drug-likeness (QED) is 0.348. The van der Waals surface area contributed by atoms with Crippen molar-refractivity contribution in [1.82, 2.24) is 25.5 Å². The highest BCUT2D eigenvalue weighted by molar-refractivity contribution is 5.87. The van der Waals surface area contributed by atoms with Crippen LogP contribution in [0.2, 0.25) is 0 Å². The van der Waals surface area contributed by atoms with Gasteiger partial charge >= 0.3 is 12.2 Å². The lowest BCUT2D eigenvalue weighted by molar-refractivity contribution is -0.143. The van der Waals surface area contributed by atoms with Gasteiger partial charge in [0, 0.05) is 57.2 Å². The first-order chi connectivity index (χ1) is 19.9. The van der Waals surface area contributed by atoms with Crippen LogP contribution in [0.4, 0.5) is 9.59 Å². The molecule has 2 heterocycles. The minimum atomic E-state index is -0.760. The number of nitrogens with one attached hydrogen (secondary N) is 3. The summed E-state index contributed by atoms with van der Waals surface area (Å²) in [6.07, 6.45) is 10.1. The molecule has 1 saturated heterocycles. The van der Waals surface area contributed by atoms with Crippen LogP contribution in [-0.2, 0) is 27.1 Å². The van der Waals surface area contributed by atoms with Gasteiger partial charge in [0.15, 0.2) is 0 Å². The van der Waals surface area contributed by atoms with Crippen LogP contribution >= 0.6 is 0 Å². The molecule has 1 unspecified atom stereocenters. The summed E-state index contributed by atoms with van der Waals surface area (Å²) < 4.78 is 16.4. The van der Waals surface area contributed by atoms with E-state index in [2.05, 4.69) is 20.6 Å². The van der Waals surface area contributed by atoms with Crippen LogP contribution in [0.15, 0.2) is 36.8 Å². The maximum absolute atomic E-state index is 13.8. The van der Waals surface area contributed by atoms with Gasteiger partial charge in [-0.15, -0.1) is 0 Å². The second-order valence-corrected chi connectivity index (χ2v) is 10.8. The molecule has 1 atom stereocenters. The zero-order valence-electron chi connectivity index (χ0n) is 24.2. The topological polar surface area (TPSA) is 135 Å². The molecule has 1 aliphatic carbocycles. The first-order valence-electron chi connectivity index (χ1n) is 14.7. The molecule has 3 amide bonds. The van der Waals surface area contributed by atoms with Crippen LogP contribution in [0.5, 0.6) is 5.75 Å². The standard InChI is InChI=1S/C30H43N5O6/c1-3-40-29(38)41-30(23-7-5-4-6-8-23)14-17-35(18-15-30)27(36)26(19-22-9-11-25(39-2)12-10-22)34-28(37)32-16-13-24-20-31-21-33-24/h9-12,20-21,23,26H,3-8,13-19H2,1-2H3,(H,31,33)(H2,32,34,37). The number of likely N-dealkylation sites (tertiary alicyclic amines) is 1. The van der Waals surface area contributed by atoms with Crippen molar-refractivity contribution in [2.24, 2.45) is 5.92 Å². The summed E-state index contributed by atoms with van der Waals surface area (Å²) in [7, 11) is 1.60. The van der Waals surface area contributed by atoms with Crippen LogP contribution in [0.1, 0.15) is 63.1 Å². The Bertz CT molecular complexity index is 1110. The van der Waals surface area contributed by atoms with Gasteiger partial charge in [-0.25, -0.2) is 14.6 Å². The number of methoxy groups -OCH3 is 1. The Morgan fingerprint density at radius 2 is 1.85 bits per heavy atom. The van der Waals surface area contributed by atoms with E-state index in [4.69, 9.17) is 14.2 Å². The Kier molecular flexibility index (Phi) is 10.9. The number of carbonyl (C=O) groups is 3. The van der Waals surface area contributed by atoms with E-state index < -0.39 is 23.8 Å². The van der Waals surface area contributed by atoms with Crippen molar-refractivity contribution in [1.29, 1.82) is 0 Å². The van der Waals surface area contributed by atoms with Gasteiger partial charge < -0.3 is 34.7 Å². The number of rotatable bonds is 11. The molecule has 1 aromatic heterocycles. The van der Waals surface area contributed by atoms with E-state index in [1.54, 1.807) is 31.5 Å². The van der Waals surface area contributed by atoms with Crippen molar-refractivity contribution in [2.75, 3.05) is 33.4 Å². The number of carbonyl (C=O) groups excluding carboxylic acids is 3. The molecule has 2 fully saturated rings. The summed E-state index contributed by atoms with van der Waals surface area (Å²) in [4.78, 5) is 47.9. The van der Waals surface area contributed by atoms with Gasteiger partial charge in [-0.3, -0.25) is 4.79 Å². The second kappa shape index (κ2) is 14.7. The van der Waals surface area contributed by atoms with E-state index in [1.165, 1.54) is 6.42 Å². The molecule has 11 nitrogen and oxygen atoms in total. The van der Waals surface area contributed by atoms with Crippen LogP contribution in [0, 0.1) is 5.92 Å². The normalized spacial score (nSPS) is 17.8. The molecular weight excluding hydrogens is 526 g/mol. The number of urea groups is 1. The highest BCUT2D eigenvalue weighted by Gasteiger charge is 2.46. The fourth-order valence-electron chi connectivity index (χ4n) is 6.00. The Hall–Kier alpha value is -3.76. The monoisotopic (exact) mass is 569 g/mol. The average Bonchev–Trinajstić information content (AvgIpc) is 3.51. The number of imidazole rings is 1. The number of hydrogen-bond acceptors (Lipinski definition) is 7. The molecule has 1 aliphatic heterocycles. The molecule has 41 heavy (non-hydrogen) atoms. The maximum atomic E-state index is 13.8. The van der Waals surface area contributed by atoms with Crippen LogP contribution < -0.4 is 15.4 Å². The maximum Gasteiger partial charge on any atom is 0.508 e. The largest absolute Gasteiger partial charge is 0.508 e. The first kappa shape index (κ1) is 30.2. The molecule has 1 aromatic carbocycles. The fraction of sp³-hybridized carbons (Fsp3) is 0.600. The fourth-order valence-corrected chi connectivity index (χ4v) is 6.00. The predicted molar refractivity (Wildman–Crippen MR) is 153 cm³/mol. The molecule has 0 bridgehead atoms. The summed E-state index contributed by atoms with van der Waals surface area (Å²) >= 11 is 0. The predicted octanol–water partition coefficient (Wildman–Crippen LogP) is 3.99. The number of benzene rings is 1. The summed E-state index contributed by atoms with van der Waals surface area (Å²) in [5.41, 5.74) is 1.18. The number of aromatic nitrogens is 2. The van der Waals surface area contributed by atoms with E-state index in [0.29, 0.717) is 45.3 Å². The Labute approximate surface area is 241 Å². The molecule has 0 radical (unpaired) electrons. The zero-order valence-corrected chi connectivity index (χ0v) is 24.2. The third-order valence-electron chi connectivity index (χ3n) is 8.26. The lowest BCUT2D eigenvalue weighted by atomic mass is 9.72. The molecule has 2 aliphatic rings. The molecule has 11 heteroatoms. The lowest BCUT2D eigenvalue weighted by Gasteiger charge is -2.47. The summed E-state index contributed by atoms with van der Waals surface area (Å²) in [5.74, 6) is 0.822. The smallest absolute Gasteiger partial charge is 0.497 e. The van der Waals surface area contributed by atoms with Crippen molar-refractivity contribution in [3.05, 3.63) is 48.0 Å². The van der Waals surface area contributed by atoms with Crippen molar-refractivity contribution < 1.29 is 28.6 Å². The zero-order chi connectivity index (χ0) is 29.1. The summed E-state index contributed by atoms with van der Waals surface area (Å²) in [6, 6.07) is 6.31. The number of piperidine rings is 1. The highest BCUT2D eigenvalue weighted by Crippen LogP contribution is 2.42.